The summed E-state index contributed by atoms with van der Waals surface area (Å²) in [5.74, 6) is -1.36. The minimum Gasteiger partial charge on any atom is -0.480 e. The van der Waals surface area contributed by atoms with Gasteiger partial charge in [0.1, 0.15) is 6.61 Å². The van der Waals surface area contributed by atoms with Crippen LogP contribution in [0.4, 0.5) is 4.79 Å². The number of carbonyl (C=O) groups is 3. The monoisotopic (exact) mass is 273 g/mol. The van der Waals surface area contributed by atoms with Gasteiger partial charge in [0.2, 0.25) is 5.91 Å². The van der Waals surface area contributed by atoms with Gasteiger partial charge in [-0.15, -0.1) is 0 Å². The number of carboxylic acids is 1. The molecule has 0 aromatic rings. The molecule has 0 radical (unpaired) electrons. The van der Waals surface area contributed by atoms with Crippen molar-refractivity contribution in [3.8, 4) is 0 Å². The molecule has 19 heavy (non-hydrogen) atoms. The molecule has 1 saturated heterocycles. The Morgan fingerprint density at radius 2 is 1.95 bits per heavy atom. The molecule has 1 rings (SSSR count). The van der Waals surface area contributed by atoms with Crippen LogP contribution in [0.3, 0.4) is 0 Å². The van der Waals surface area contributed by atoms with Crippen LogP contribution in [0.1, 0.15) is 19.3 Å². The van der Waals surface area contributed by atoms with Crippen LogP contribution < -0.4 is 11.1 Å². The third-order valence-electron chi connectivity index (χ3n) is 2.89. The van der Waals surface area contributed by atoms with Gasteiger partial charge in [0, 0.05) is 26.1 Å². The molecule has 3 amide bonds. The summed E-state index contributed by atoms with van der Waals surface area (Å²) in [4.78, 5) is 34.1. The summed E-state index contributed by atoms with van der Waals surface area (Å²) in [6, 6.07) is -0.842. The normalized spacial score (nSPS) is 17.1. The minimum atomic E-state index is -0.967. The smallest absolute Gasteiger partial charge is 0.329 e. The van der Waals surface area contributed by atoms with Gasteiger partial charge >= 0.3 is 12.0 Å². The summed E-state index contributed by atoms with van der Waals surface area (Å²) in [5, 5.41) is 10.5. The number of nitrogens with two attached hydrogens (primary N) is 1. The van der Waals surface area contributed by atoms with Crippen LogP contribution in [0, 0.1) is 0 Å². The second-order valence-corrected chi connectivity index (χ2v) is 4.41. The highest BCUT2D eigenvalue weighted by atomic mass is 16.5. The fraction of sp³-hybridized carbons (Fsp3) is 0.727. The van der Waals surface area contributed by atoms with Gasteiger partial charge in [0.25, 0.3) is 0 Å². The highest BCUT2D eigenvalue weighted by molar-refractivity contribution is 5.93. The molecule has 1 aliphatic rings. The SMILES string of the molecule is NC(=O)NC(=O)CCN1CCC(OCC(=O)O)CC1. The zero-order valence-corrected chi connectivity index (χ0v) is 10.6. The Kier molecular flexibility index (Phi) is 6.23. The van der Waals surface area contributed by atoms with Crippen molar-refractivity contribution in [3.05, 3.63) is 0 Å². The van der Waals surface area contributed by atoms with E-state index in [9.17, 15) is 14.4 Å². The van der Waals surface area contributed by atoms with Crippen LogP contribution in [0.2, 0.25) is 0 Å². The molecule has 1 fully saturated rings. The van der Waals surface area contributed by atoms with Crippen molar-refractivity contribution in [1.82, 2.24) is 10.2 Å². The predicted molar refractivity (Wildman–Crippen MR) is 65.4 cm³/mol. The standard InChI is InChI=1S/C11H19N3O5/c12-11(18)13-9(15)3-6-14-4-1-8(2-5-14)19-7-10(16)17/h8H,1-7H2,(H,16,17)(H3,12,13,15,18). The zero-order valence-electron chi connectivity index (χ0n) is 10.6. The molecule has 0 bridgehead atoms. The van der Waals surface area contributed by atoms with Crippen molar-refractivity contribution in [3.63, 3.8) is 0 Å². The van der Waals surface area contributed by atoms with E-state index in [0.29, 0.717) is 6.54 Å². The maximum Gasteiger partial charge on any atom is 0.329 e. The molecular formula is C11H19N3O5. The number of nitrogens with zero attached hydrogens (tertiary/aromatic N) is 1. The van der Waals surface area contributed by atoms with Gasteiger partial charge < -0.3 is 20.5 Å². The van der Waals surface area contributed by atoms with Crippen molar-refractivity contribution in [2.45, 2.75) is 25.4 Å². The highest BCUT2D eigenvalue weighted by Crippen LogP contribution is 2.13. The minimum absolute atomic E-state index is 0.0354. The Morgan fingerprint density at radius 3 is 2.47 bits per heavy atom. The van der Waals surface area contributed by atoms with Gasteiger partial charge in [-0.05, 0) is 12.8 Å². The molecule has 8 nitrogen and oxygen atoms in total. The number of nitrogens with one attached hydrogen (secondary N) is 1. The zero-order chi connectivity index (χ0) is 14.3. The Hall–Kier alpha value is -1.67. The summed E-state index contributed by atoms with van der Waals surface area (Å²) < 4.78 is 5.20. The molecule has 0 aromatic carbocycles. The highest BCUT2D eigenvalue weighted by Gasteiger charge is 2.20. The second kappa shape index (κ2) is 7.70. The third kappa shape index (κ3) is 6.73. The molecule has 1 heterocycles. The lowest BCUT2D eigenvalue weighted by Crippen LogP contribution is -2.41. The van der Waals surface area contributed by atoms with E-state index in [4.69, 9.17) is 15.6 Å². The lowest BCUT2D eigenvalue weighted by atomic mass is 10.1. The largest absolute Gasteiger partial charge is 0.480 e. The van der Waals surface area contributed by atoms with Crippen molar-refractivity contribution in [2.24, 2.45) is 5.73 Å². The van der Waals surface area contributed by atoms with Gasteiger partial charge in [-0.3, -0.25) is 10.1 Å². The second-order valence-electron chi connectivity index (χ2n) is 4.41. The first-order valence-electron chi connectivity index (χ1n) is 6.12. The number of ether oxygens (including phenoxy) is 1. The molecule has 1 aliphatic heterocycles. The molecule has 0 spiro atoms. The maximum atomic E-state index is 11.2. The molecule has 0 aliphatic carbocycles. The number of amides is 3. The summed E-state index contributed by atoms with van der Waals surface area (Å²) in [6.45, 7) is 1.76. The Morgan fingerprint density at radius 1 is 1.32 bits per heavy atom. The van der Waals surface area contributed by atoms with E-state index >= 15 is 0 Å². The van der Waals surface area contributed by atoms with E-state index in [-0.39, 0.29) is 19.1 Å². The van der Waals surface area contributed by atoms with Crippen LogP contribution in [0.5, 0.6) is 0 Å². The number of likely N-dealkylation sites (tertiary alicyclic amines) is 1. The topological polar surface area (TPSA) is 122 Å². The molecule has 108 valence electrons. The number of carbonyl (C=O) groups excluding carboxylic acids is 2. The van der Waals surface area contributed by atoms with Crippen molar-refractivity contribution in [2.75, 3.05) is 26.2 Å². The van der Waals surface area contributed by atoms with Crippen molar-refractivity contribution >= 4 is 17.9 Å². The number of hydrogen-bond acceptors (Lipinski definition) is 5. The summed E-state index contributed by atoms with van der Waals surface area (Å²) in [6.07, 6.45) is 1.66. The Balaban J connectivity index is 2.14. The average Bonchev–Trinajstić information content (AvgIpc) is 2.34. The molecule has 8 heteroatoms. The summed E-state index contributed by atoms with van der Waals surface area (Å²) in [7, 11) is 0. The molecule has 0 aromatic heterocycles. The van der Waals surface area contributed by atoms with Crippen molar-refractivity contribution < 1.29 is 24.2 Å². The van der Waals surface area contributed by atoms with Crippen LogP contribution >= 0.6 is 0 Å². The van der Waals surface area contributed by atoms with Gasteiger partial charge in [-0.1, -0.05) is 0 Å². The van der Waals surface area contributed by atoms with E-state index in [0.717, 1.165) is 25.9 Å². The molecule has 4 N–H and O–H groups in total. The number of piperidine rings is 1. The number of hydrogen-bond donors (Lipinski definition) is 3. The summed E-state index contributed by atoms with van der Waals surface area (Å²) >= 11 is 0. The van der Waals surface area contributed by atoms with E-state index < -0.39 is 17.9 Å². The van der Waals surface area contributed by atoms with Gasteiger partial charge in [0.05, 0.1) is 6.10 Å². The average molecular weight is 273 g/mol. The maximum absolute atomic E-state index is 11.2. The number of urea groups is 1. The van der Waals surface area contributed by atoms with Crippen LogP contribution in [0.25, 0.3) is 0 Å². The van der Waals surface area contributed by atoms with Gasteiger partial charge in [0.15, 0.2) is 0 Å². The predicted octanol–water partition coefficient (Wildman–Crippen LogP) is -0.863. The number of primary amides is 1. The van der Waals surface area contributed by atoms with Crippen LogP contribution in [-0.4, -0.2) is 60.3 Å². The van der Waals surface area contributed by atoms with E-state index in [1.807, 2.05) is 5.32 Å². The number of carboxylic acid groups (broad SMARTS) is 1. The number of imide groups is 1. The fourth-order valence-electron chi connectivity index (χ4n) is 1.95. The Bertz CT molecular complexity index is 339. The van der Waals surface area contributed by atoms with Crippen LogP contribution in [-0.2, 0) is 14.3 Å². The van der Waals surface area contributed by atoms with Gasteiger partial charge in [-0.2, -0.15) is 0 Å². The molecular weight excluding hydrogens is 254 g/mol. The Labute approximate surface area is 110 Å². The lowest BCUT2D eigenvalue weighted by Gasteiger charge is -2.31. The van der Waals surface area contributed by atoms with Crippen molar-refractivity contribution in [1.29, 1.82) is 0 Å². The number of rotatable bonds is 6. The van der Waals surface area contributed by atoms with Crippen LogP contribution in [0.15, 0.2) is 0 Å². The molecule has 0 unspecified atom stereocenters. The quantitative estimate of drug-likeness (QED) is 0.578. The third-order valence-corrected chi connectivity index (χ3v) is 2.89. The first-order valence-corrected chi connectivity index (χ1v) is 6.12. The number of aliphatic carboxylic acids is 1. The van der Waals surface area contributed by atoms with Gasteiger partial charge in [-0.25, -0.2) is 9.59 Å². The molecule has 0 saturated carbocycles. The van der Waals surface area contributed by atoms with E-state index in [1.165, 1.54) is 0 Å². The summed E-state index contributed by atoms with van der Waals surface area (Å²) in [5.41, 5.74) is 4.83. The van der Waals surface area contributed by atoms with E-state index in [1.54, 1.807) is 0 Å². The lowest BCUT2D eigenvalue weighted by molar-refractivity contribution is -0.145. The first-order chi connectivity index (χ1) is 8.97. The van der Waals surface area contributed by atoms with E-state index in [2.05, 4.69) is 4.90 Å². The first kappa shape index (κ1) is 15.4. The fourth-order valence-corrected chi connectivity index (χ4v) is 1.95. The molecule has 0 atom stereocenters.